The first kappa shape index (κ1) is 20.6. The summed E-state index contributed by atoms with van der Waals surface area (Å²) in [5, 5.41) is 3.39. The van der Waals surface area contributed by atoms with Crippen molar-refractivity contribution in [2.75, 3.05) is 31.1 Å². The van der Waals surface area contributed by atoms with Crippen LogP contribution in [0.4, 0.5) is 0 Å². The fourth-order valence-corrected chi connectivity index (χ4v) is 6.40. The Balaban J connectivity index is 0.00000210. The lowest BCUT2D eigenvalue weighted by molar-refractivity contribution is 0.0621. The lowest BCUT2D eigenvalue weighted by Crippen LogP contribution is -2.49. The molecular weight excluding hydrogens is 400 g/mol. The molecule has 0 saturated carbocycles. The van der Waals surface area contributed by atoms with Crippen molar-refractivity contribution in [1.82, 2.24) is 19.8 Å². The first-order valence-electron chi connectivity index (χ1n) is 9.06. The van der Waals surface area contributed by atoms with Gasteiger partial charge in [-0.05, 0) is 35.6 Å². The Hall–Kier alpha value is -1.15. The second-order valence-corrected chi connectivity index (χ2v) is 9.39. The van der Waals surface area contributed by atoms with Crippen LogP contribution in [0.5, 0.6) is 0 Å². The number of hydrogen-bond acceptors (Lipinski definition) is 5. The van der Waals surface area contributed by atoms with Crippen LogP contribution < -0.4 is 5.32 Å². The molecule has 2 aliphatic rings. The number of amides is 1. The van der Waals surface area contributed by atoms with Gasteiger partial charge in [-0.2, -0.15) is 0 Å². The smallest absolute Gasteiger partial charge is 0.254 e. The van der Waals surface area contributed by atoms with Crippen LogP contribution in [0.3, 0.4) is 0 Å². The molecule has 1 atom stereocenters. The summed E-state index contributed by atoms with van der Waals surface area (Å²) in [7, 11) is 1.98. The van der Waals surface area contributed by atoms with Gasteiger partial charge in [0, 0.05) is 44.6 Å². The van der Waals surface area contributed by atoms with Crippen LogP contribution in [0.25, 0.3) is 0 Å². The van der Waals surface area contributed by atoms with Crippen molar-refractivity contribution >= 4 is 41.8 Å². The number of imidazole rings is 1. The Morgan fingerprint density at radius 1 is 1.22 bits per heavy atom. The summed E-state index contributed by atoms with van der Waals surface area (Å²) in [6.07, 6.45) is 5.02. The van der Waals surface area contributed by atoms with E-state index in [1.54, 1.807) is 6.20 Å². The number of thioether (sulfide) groups is 2. The molecule has 8 heteroatoms. The van der Waals surface area contributed by atoms with Crippen molar-refractivity contribution < 1.29 is 4.79 Å². The van der Waals surface area contributed by atoms with E-state index in [0.29, 0.717) is 11.1 Å². The molecular formula is C19H25ClN4OS2. The molecule has 146 valence electrons. The summed E-state index contributed by atoms with van der Waals surface area (Å²) in [5.74, 6) is 3.47. The predicted octanol–water partition coefficient (Wildman–Crippen LogP) is 3.50. The third kappa shape index (κ3) is 4.47. The van der Waals surface area contributed by atoms with Gasteiger partial charge in [0.1, 0.15) is 11.9 Å². The highest BCUT2D eigenvalue weighted by atomic mass is 35.5. The molecule has 0 radical (unpaired) electrons. The van der Waals surface area contributed by atoms with E-state index in [1.165, 1.54) is 23.5 Å². The summed E-state index contributed by atoms with van der Waals surface area (Å²) in [6.45, 7) is 2.26. The van der Waals surface area contributed by atoms with E-state index in [2.05, 4.69) is 22.4 Å². The minimum absolute atomic E-state index is 0. The van der Waals surface area contributed by atoms with Gasteiger partial charge in [0.15, 0.2) is 0 Å². The molecule has 2 aromatic rings. The minimum Gasteiger partial charge on any atom is -0.336 e. The van der Waals surface area contributed by atoms with Gasteiger partial charge in [-0.1, -0.05) is 12.1 Å². The van der Waals surface area contributed by atoms with Gasteiger partial charge in [-0.3, -0.25) is 4.79 Å². The molecule has 0 bridgehead atoms. The van der Waals surface area contributed by atoms with Crippen molar-refractivity contribution in [3.05, 3.63) is 53.6 Å². The number of piperazine rings is 1. The summed E-state index contributed by atoms with van der Waals surface area (Å²) in [4.78, 5) is 19.6. The molecule has 2 fully saturated rings. The number of carbonyl (C=O) groups excluding carboxylic acids is 1. The van der Waals surface area contributed by atoms with Crippen molar-refractivity contribution in [1.29, 1.82) is 0 Å². The Kier molecular flexibility index (Phi) is 7.14. The topological polar surface area (TPSA) is 50.2 Å². The SMILES string of the molecule is Cl.Cn1ccnc1C1CNCCN1C(=O)c1ccc(C2SCCCS2)cc1. The van der Waals surface area contributed by atoms with Crippen LogP contribution in [0.1, 0.15) is 38.8 Å². The molecule has 27 heavy (non-hydrogen) atoms. The number of aryl methyl sites for hydroxylation is 1. The number of benzene rings is 1. The maximum absolute atomic E-state index is 13.2. The first-order chi connectivity index (χ1) is 12.7. The van der Waals surface area contributed by atoms with Crippen molar-refractivity contribution in [2.45, 2.75) is 17.0 Å². The third-order valence-electron chi connectivity index (χ3n) is 4.92. The fourth-order valence-electron chi connectivity index (χ4n) is 3.51. The van der Waals surface area contributed by atoms with Crippen LogP contribution in [-0.2, 0) is 7.05 Å². The van der Waals surface area contributed by atoms with Gasteiger partial charge in [-0.25, -0.2) is 4.98 Å². The summed E-state index contributed by atoms with van der Waals surface area (Å²) in [6, 6.07) is 8.21. The third-order valence-corrected chi connectivity index (χ3v) is 7.93. The van der Waals surface area contributed by atoms with E-state index in [1.807, 2.05) is 58.4 Å². The summed E-state index contributed by atoms with van der Waals surface area (Å²) < 4.78 is 2.51. The van der Waals surface area contributed by atoms with Crippen LogP contribution in [-0.4, -0.2) is 51.5 Å². The minimum atomic E-state index is -0.0274. The Labute approximate surface area is 175 Å². The van der Waals surface area contributed by atoms with E-state index in [4.69, 9.17) is 0 Å². The van der Waals surface area contributed by atoms with Gasteiger partial charge in [0.2, 0.25) is 0 Å². The highest BCUT2D eigenvalue weighted by molar-refractivity contribution is 8.16. The zero-order chi connectivity index (χ0) is 17.9. The zero-order valence-electron chi connectivity index (χ0n) is 15.3. The van der Waals surface area contributed by atoms with Gasteiger partial charge >= 0.3 is 0 Å². The number of nitrogens with zero attached hydrogens (tertiary/aromatic N) is 3. The quantitative estimate of drug-likeness (QED) is 0.817. The number of hydrogen-bond donors (Lipinski definition) is 1. The molecule has 2 aliphatic heterocycles. The second kappa shape index (κ2) is 9.37. The Morgan fingerprint density at radius 3 is 2.63 bits per heavy atom. The molecule has 0 spiro atoms. The summed E-state index contributed by atoms with van der Waals surface area (Å²) >= 11 is 4.01. The van der Waals surface area contributed by atoms with Crippen LogP contribution in [0.15, 0.2) is 36.7 Å². The molecule has 4 rings (SSSR count). The molecule has 0 aliphatic carbocycles. The zero-order valence-corrected chi connectivity index (χ0v) is 17.8. The standard InChI is InChI=1S/C19H24N4OS2.ClH/c1-22-9-8-21-17(22)16-13-20-7-10-23(16)18(24)14-3-5-15(6-4-14)19-25-11-2-12-26-19;/h3-6,8-9,16,19-20H,2,7,10-13H2,1H3;1H. The van der Waals surface area contributed by atoms with Crippen LogP contribution >= 0.6 is 35.9 Å². The van der Waals surface area contributed by atoms with Crippen LogP contribution in [0, 0.1) is 0 Å². The highest BCUT2D eigenvalue weighted by Gasteiger charge is 2.31. The number of carbonyl (C=O) groups is 1. The molecule has 5 nitrogen and oxygen atoms in total. The van der Waals surface area contributed by atoms with E-state index >= 15 is 0 Å². The molecule has 2 saturated heterocycles. The highest BCUT2D eigenvalue weighted by Crippen LogP contribution is 2.43. The molecule has 1 unspecified atom stereocenters. The van der Waals surface area contributed by atoms with Crippen molar-refractivity contribution in [2.24, 2.45) is 7.05 Å². The Bertz CT molecular complexity index is 761. The molecule has 3 heterocycles. The monoisotopic (exact) mass is 424 g/mol. The van der Waals surface area contributed by atoms with E-state index in [-0.39, 0.29) is 24.4 Å². The number of nitrogens with one attached hydrogen (secondary N) is 1. The predicted molar refractivity (Wildman–Crippen MR) is 116 cm³/mol. The molecule has 1 amide bonds. The lowest BCUT2D eigenvalue weighted by Gasteiger charge is -2.35. The summed E-state index contributed by atoms with van der Waals surface area (Å²) in [5.41, 5.74) is 2.08. The molecule has 1 aromatic carbocycles. The van der Waals surface area contributed by atoms with Gasteiger partial charge < -0.3 is 14.8 Å². The number of aromatic nitrogens is 2. The fraction of sp³-hybridized carbons (Fsp3) is 0.474. The molecule has 1 N–H and O–H groups in total. The van der Waals surface area contributed by atoms with Gasteiger partial charge in [0.25, 0.3) is 5.91 Å². The van der Waals surface area contributed by atoms with E-state index < -0.39 is 0 Å². The normalized spacial score (nSPS) is 20.9. The average molecular weight is 425 g/mol. The van der Waals surface area contributed by atoms with Gasteiger partial charge in [0.05, 0.1) is 4.58 Å². The second-order valence-electron chi connectivity index (χ2n) is 6.66. The Morgan fingerprint density at radius 2 is 1.96 bits per heavy atom. The van der Waals surface area contributed by atoms with E-state index in [0.717, 1.165) is 24.5 Å². The first-order valence-corrected chi connectivity index (χ1v) is 11.2. The largest absolute Gasteiger partial charge is 0.336 e. The van der Waals surface area contributed by atoms with Crippen molar-refractivity contribution in [3.63, 3.8) is 0 Å². The van der Waals surface area contributed by atoms with Crippen molar-refractivity contribution in [3.8, 4) is 0 Å². The number of halogens is 1. The molecule has 1 aromatic heterocycles. The maximum Gasteiger partial charge on any atom is 0.254 e. The average Bonchev–Trinajstić information content (AvgIpc) is 3.14. The maximum atomic E-state index is 13.2. The van der Waals surface area contributed by atoms with Crippen LogP contribution in [0.2, 0.25) is 0 Å². The number of rotatable bonds is 3. The van der Waals surface area contributed by atoms with E-state index in [9.17, 15) is 4.79 Å². The lowest BCUT2D eigenvalue weighted by atomic mass is 10.1. The van der Waals surface area contributed by atoms with Gasteiger partial charge in [-0.15, -0.1) is 35.9 Å².